The molecule has 0 amide bonds. The van der Waals surface area contributed by atoms with Gasteiger partial charge >= 0.3 is 0 Å². The van der Waals surface area contributed by atoms with Crippen molar-refractivity contribution >= 4 is 22.9 Å². The van der Waals surface area contributed by atoms with Gasteiger partial charge in [-0.1, -0.05) is 11.6 Å². The minimum atomic E-state index is 0.636. The van der Waals surface area contributed by atoms with Crippen LogP contribution in [0.3, 0.4) is 0 Å². The summed E-state index contributed by atoms with van der Waals surface area (Å²) in [7, 11) is 0. The molecule has 0 saturated carbocycles. The summed E-state index contributed by atoms with van der Waals surface area (Å²) in [4.78, 5) is 3.76. The third kappa shape index (κ3) is 2.53. The summed E-state index contributed by atoms with van der Waals surface area (Å²) in [6.07, 6.45) is 1.22. The number of halogens is 1. The Labute approximate surface area is 100 Å². The van der Waals surface area contributed by atoms with Gasteiger partial charge in [0.1, 0.15) is 0 Å². The number of hydrogen-bond donors (Lipinski definition) is 1. The Balaban J connectivity index is 1.98. The summed E-state index contributed by atoms with van der Waals surface area (Å²) >= 11 is 7.84. The zero-order valence-corrected chi connectivity index (χ0v) is 10.5. The van der Waals surface area contributed by atoms with Crippen LogP contribution in [0.1, 0.15) is 18.2 Å². The van der Waals surface area contributed by atoms with Gasteiger partial charge in [0, 0.05) is 24.0 Å². The smallest absolute Gasteiger partial charge is 0.0558 e. The average Bonchev–Trinajstić information content (AvgIpc) is 2.76. The van der Waals surface area contributed by atoms with Crippen LogP contribution in [0.15, 0.2) is 11.4 Å². The molecule has 0 aliphatic carbocycles. The van der Waals surface area contributed by atoms with E-state index in [0.29, 0.717) is 12.0 Å². The summed E-state index contributed by atoms with van der Waals surface area (Å²) in [6.45, 7) is 5.18. The molecule has 2 rings (SSSR count). The van der Waals surface area contributed by atoms with Crippen molar-refractivity contribution in [3.63, 3.8) is 0 Å². The molecular weight excluding hydrogens is 228 g/mol. The third-order valence-electron chi connectivity index (χ3n) is 3.16. The van der Waals surface area contributed by atoms with Gasteiger partial charge in [0.15, 0.2) is 0 Å². The van der Waals surface area contributed by atoms with Gasteiger partial charge < -0.3 is 5.73 Å². The van der Waals surface area contributed by atoms with Crippen LogP contribution in [0.4, 0.5) is 0 Å². The molecule has 1 saturated heterocycles. The van der Waals surface area contributed by atoms with Crippen molar-refractivity contribution in [3.05, 3.63) is 21.3 Å². The Kier molecular flexibility index (Phi) is 3.67. The third-order valence-corrected chi connectivity index (χ3v) is 4.53. The fraction of sp³-hybridized carbons (Fsp3) is 0.636. The monoisotopic (exact) mass is 244 g/mol. The first-order valence-corrected chi connectivity index (χ1v) is 6.62. The van der Waals surface area contributed by atoms with Crippen LogP contribution >= 0.6 is 22.9 Å². The van der Waals surface area contributed by atoms with E-state index in [1.54, 1.807) is 11.3 Å². The van der Waals surface area contributed by atoms with E-state index in [2.05, 4.69) is 17.2 Å². The molecule has 2 N–H and O–H groups in total. The second kappa shape index (κ2) is 4.83. The topological polar surface area (TPSA) is 29.3 Å². The first-order valence-electron chi connectivity index (χ1n) is 5.36. The molecule has 0 spiro atoms. The largest absolute Gasteiger partial charge is 0.330 e. The zero-order valence-electron chi connectivity index (χ0n) is 8.95. The van der Waals surface area contributed by atoms with E-state index in [4.69, 9.17) is 17.3 Å². The average molecular weight is 245 g/mol. The zero-order chi connectivity index (χ0) is 10.8. The highest BCUT2D eigenvalue weighted by Gasteiger charge is 2.28. The van der Waals surface area contributed by atoms with Gasteiger partial charge in [-0.3, -0.25) is 4.90 Å². The first-order chi connectivity index (χ1) is 7.20. The Morgan fingerprint density at radius 1 is 1.67 bits per heavy atom. The lowest BCUT2D eigenvalue weighted by Gasteiger charge is -2.20. The number of thiophene rings is 1. The molecule has 1 aromatic heterocycles. The van der Waals surface area contributed by atoms with Crippen LogP contribution in [0.25, 0.3) is 0 Å². The maximum atomic E-state index is 6.10. The van der Waals surface area contributed by atoms with Crippen LogP contribution in [-0.2, 0) is 6.54 Å². The molecule has 0 radical (unpaired) electrons. The molecule has 0 bridgehead atoms. The fourth-order valence-electron chi connectivity index (χ4n) is 2.23. The lowest BCUT2D eigenvalue weighted by Crippen LogP contribution is -2.27. The molecule has 1 aliphatic rings. The van der Waals surface area contributed by atoms with Crippen molar-refractivity contribution in [1.82, 2.24) is 4.90 Å². The second-order valence-corrected chi connectivity index (χ2v) is 5.72. The number of nitrogens with zero attached hydrogens (tertiary/aromatic N) is 1. The van der Waals surface area contributed by atoms with E-state index < -0.39 is 0 Å². The normalized spacial score (nSPS) is 27.4. The number of nitrogens with two attached hydrogens (primary N) is 1. The predicted molar refractivity (Wildman–Crippen MR) is 66.4 cm³/mol. The van der Waals surface area contributed by atoms with E-state index in [1.807, 2.05) is 6.07 Å². The van der Waals surface area contributed by atoms with Gasteiger partial charge in [-0.05, 0) is 37.3 Å². The Morgan fingerprint density at radius 3 is 3.00 bits per heavy atom. The Hall–Kier alpha value is -0.0900. The van der Waals surface area contributed by atoms with Gasteiger partial charge in [0.2, 0.25) is 0 Å². The molecule has 0 aromatic carbocycles. The van der Waals surface area contributed by atoms with Crippen molar-refractivity contribution < 1.29 is 0 Å². The Bertz CT molecular complexity index is 326. The molecule has 2 unspecified atom stereocenters. The van der Waals surface area contributed by atoms with Gasteiger partial charge in [-0.25, -0.2) is 0 Å². The second-order valence-electron chi connectivity index (χ2n) is 4.31. The van der Waals surface area contributed by atoms with Crippen LogP contribution in [0.2, 0.25) is 5.02 Å². The summed E-state index contributed by atoms with van der Waals surface area (Å²) in [5.74, 6) is 0.665. The van der Waals surface area contributed by atoms with E-state index in [0.717, 1.165) is 24.7 Å². The number of likely N-dealkylation sites (tertiary alicyclic amines) is 1. The number of hydrogen-bond acceptors (Lipinski definition) is 3. The first kappa shape index (κ1) is 11.4. The van der Waals surface area contributed by atoms with Gasteiger partial charge in [-0.15, -0.1) is 11.3 Å². The summed E-state index contributed by atoms with van der Waals surface area (Å²) in [6, 6.07) is 2.61. The van der Waals surface area contributed by atoms with E-state index in [1.165, 1.54) is 11.3 Å². The molecule has 4 heteroatoms. The van der Waals surface area contributed by atoms with Crippen molar-refractivity contribution in [2.45, 2.75) is 25.9 Å². The molecule has 2 heterocycles. The van der Waals surface area contributed by atoms with Crippen LogP contribution < -0.4 is 5.73 Å². The van der Waals surface area contributed by atoms with Gasteiger partial charge in [0.25, 0.3) is 0 Å². The van der Waals surface area contributed by atoms with Crippen LogP contribution in [0.5, 0.6) is 0 Å². The van der Waals surface area contributed by atoms with Gasteiger partial charge in [-0.2, -0.15) is 0 Å². The van der Waals surface area contributed by atoms with Crippen molar-refractivity contribution in [2.24, 2.45) is 11.7 Å². The molecule has 2 atom stereocenters. The standard InChI is InChI=1S/C11H17ClN2S/c1-8-4-9(5-13)6-14(8)7-11-10(12)2-3-15-11/h2-3,8-9H,4-7,13H2,1H3. The van der Waals surface area contributed by atoms with Crippen molar-refractivity contribution in [2.75, 3.05) is 13.1 Å². The van der Waals surface area contributed by atoms with E-state index >= 15 is 0 Å². The lowest BCUT2D eigenvalue weighted by atomic mass is 10.1. The van der Waals surface area contributed by atoms with E-state index in [9.17, 15) is 0 Å². The molecule has 15 heavy (non-hydrogen) atoms. The minimum Gasteiger partial charge on any atom is -0.330 e. The summed E-state index contributed by atoms with van der Waals surface area (Å²) in [5.41, 5.74) is 5.71. The molecule has 1 fully saturated rings. The van der Waals surface area contributed by atoms with Crippen LogP contribution in [0, 0.1) is 5.92 Å². The van der Waals surface area contributed by atoms with E-state index in [-0.39, 0.29) is 0 Å². The highest BCUT2D eigenvalue weighted by molar-refractivity contribution is 7.10. The Morgan fingerprint density at radius 2 is 2.47 bits per heavy atom. The van der Waals surface area contributed by atoms with Crippen molar-refractivity contribution in [3.8, 4) is 0 Å². The lowest BCUT2D eigenvalue weighted by molar-refractivity contribution is 0.258. The maximum absolute atomic E-state index is 6.10. The SMILES string of the molecule is CC1CC(CN)CN1Cc1sccc1Cl. The highest BCUT2D eigenvalue weighted by atomic mass is 35.5. The summed E-state index contributed by atoms with van der Waals surface area (Å²) < 4.78 is 0. The molecule has 1 aliphatic heterocycles. The van der Waals surface area contributed by atoms with Gasteiger partial charge in [0.05, 0.1) is 5.02 Å². The van der Waals surface area contributed by atoms with Crippen LogP contribution in [-0.4, -0.2) is 24.0 Å². The fourth-order valence-corrected chi connectivity index (χ4v) is 3.35. The maximum Gasteiger partial charge on any atom is 0.0558 e. The predicted octanol–water partition coefficient (Wildman–Crippen LogP) is 2.57. The highest BCUT2D eigenvalue weighted by Crippen LogP contribution is 2.29. The molecule has 2 nitrogen and oxygen atoms in total. The summed E-state index contributed by atoms with van der Waals surface area (Å²) in [5, 5.41) is 2.96. The molecular formula is C11H17ClN2S. The van der Waals surface area contributed by atoms with Crippen molar-refractivity contribution in [1.29, 1.82) is 0 Å². The number of rotatable bonds is 3. The quantitative estimate of drug-likeness (QED) is 0.886. The molecule has 1 aromatic rings. The minimum absolute atomic E-state index is 0.636. The molecule has 84 valence electrons.